The summed E-state index contributed by atoms with van der Waals surface area (Å²) in [5.41, 5.74) is 2.57. The molecule has 0 radical (unpaired) electrons. The monoisotopic (exact) mass is 195 g/mol. The van der Waals surface area contributed by atoms with Gasteiger partial charge in [-0.15, -0.1) is 5.10 Å². The van der Waals surface area contributed by atoms with Gasteiger partial charge in [-0.25, -0.2) is 4.68 Å². The average molecular weight is 195 g/mol. The van der Waals surface area contributed by atoms with E-state index in [4.69, 9.17) is 0 Å². The minimum atomic E-state index is 0.940. The Morgan fingerprint density at radius 2 is 1.86 bits per heavy atom. The largest absolute Gasteiger partial charge is 0.249 e. The fraction of sp³-hybridized carbons (Fsp3) is 0.818. The summed E-state index contributed by atoms with van der Waals surface area (Å²) in [6.07, 6.45) is 5.83. The van der Waals surface area contributed by atoms with Crippen molar-refractivity contribution >= 4 is 0 Å². The highest BCUT2D eigenvalue weighted by Gasteiger charge is 2.09. The first-order chi connectivity index (χ1) is 6.83. The first kappa shape index (κ1) is 11.2. The van der Waals surface area contributed by atoms with E-state index in [-0.39, 0.29) is 0 Å². The third kappa shape index (κ3) is 2.56. The lowest BCUT2D eigenvalue weighted by atomic mass is 10.1. The van der Waals surface area contributed by atoms with Gasteiger partial charge in [0.1, 0.15) is 0 Å². The minimum absolute atomic E-state index is 0.940. The fourth-order valence-electron chi connectivity index (χ4n) is 1.67. The van der Waals surface area contributed by atoms with Gasteiger partial charge in [-0.1, -0.05) is 31.9 Å². The van der Waals surface area contributed by atoms with Gasteiger partial charge in [0.25, 0.3) is 0 Å². The molecule has 14 heavy (non-hydrogen) atoms. The lowest BCUT2D eigenvalue weighted by Crippen LogP contribution is -2.04. The van der Waals surface area contributed by atoms with Gasteiger partial charge >= 0.3 is 0 Å². The molecule has 0 unspecified atom stereocenters. The third-order valence-electron chi connectivity index (χ3n) is 2.47. The van der Waals surface area contributed by atoms with E-state index >= 15 is 0 Å². The maximum absolute atomic E-state index is 4.24. The topological polar surface area (TPSA) is 30.7 Å². The second kappa shape index (κ2) is 5.78. The van der Waals surface area contributed by atoms with E-state index < -0.39 is 0 Å². The van der Waals surface area contributed by atoms with E-state index in [2.05, 4.69) is 31.1 Å². The van der Waals surface area contributed by atoms with Gasteiger partial charge in [-0.2, -0.15) is 0 Å². The second-order valence-electron chi connectivity index (χ2n) is 3.65. The van der Waals surface area contributed by atoms with Crippen molar-refractivity contribution in [1.82, 2.24) is 15.0 Å². The van der Waals surface area contributed by atoms with E-state index in [9.17, 15) is 0 Å². The van der Waals surface area contributed by atoms with Gasteiger partial charge in [-0.3, -0.25) is 0 Å². The standard InChI is InChI=1S/C11H21N3/c1-4-7-9-11-10(8-5-2)12-13-14(11)6-3/h4-9H2,1-3H3. The lowest BCUT2D eigenvalue weighted by molar-refractivity contribution is 0.587. The molecule has 0 N–H and O–H groups in total. The van der Waals surface area contributed by atoms with Gasteiger partial charge in [0, 0.05) is 6.54 Å². The van der Waals surface area contributed by atoms with Crippen LogP contribution in [0.3, 0.4) is 0 Å². The molecule has 1 aromatic rings. The van der Waals surface area contributed by atoms with Crippen molar-refractivity contribution < 1.29 is 0 Å². The SMILES string of the molecule is CCCCc1c(CCC)nnn1CC. The smallest absolute Gasteiger partial charge is 0.0859 e. The molecule has 0 amide bonds. The molecule has 1 aromatic heterocycles. The number of unbranched alkanes of at least 4 members (excludes halogenated alkanes) is 1. The van der Waals surface area contributed by atoms with Gasteiger partial charge in [-0.05, 0) is 26.2 Å². The highest BCUT2D eigenvalue weighted by Crippen LogP contribution is 2.11. The molecule has 0 aliphatic rings. The zero-order chi connectivity index (χ0) is 10.4. The zero-order valence-corrected chi connectivity index (χ0v) is 9.58. The van der Waals surface area contributed by atoms with Crippen molar-refractivity contribution in [2.75, 3.05) is 0 Å². The number of rotatable bonds is 6. The van der Waals surface area contributed by atoms with Crippen LogP contribution in [0.5, 0.6) is 0 Å². The molecule has 0 atom stereocenters. The van der Waals surface area contributed by atoms with Gasteiger partial charge in [0.05, 0.1) is 11.4 Å². The predicted molar refractivity (Wildman–Crippen MR) is 58.3 cm³/mol. The summed E-state index contributed by atoms with van der Waals surface area (Å²) in [7, 11) is 0. The van der Waals surface area contributed by atoms with Crippen LogP contribution in [0.4, 0.5) is 0 Å². The summed E-state index contributed by atoms with van der Waals surface area (Å²) in [5, 5.41) is 8.42. The molecule has 1 rings (SSSR count). The van der Waals surface area contributed by atoms with Crippen molar-refractivity contribution in [3.63, 3.8) is 0 Å². The summed E-state index contributed by atoms with van der Waals surface area (Å²) in [4.78, 5) is 0. The number of hydrogen-bond acceptors (Lipinski definition) is 2. The Bertz CT molecular complexity index is 265. The third-order valence-corrected chi connectivity index (χ3v) is 2.47. The van der Waals surface area contributed by atoms with Gasteiger partial charge < -0.3 is 0 Å². The van der Waals surface area contributed by atoms with Crippen LogP contribution in [-0.2, 0) is 19.4 Å². The molecule has 3 heteroatoms. The molecular weight excluding hydrogens is 174 g/mol. The Labute approximate surface area is 86.5 Å². The summed E-state index contributed by atoms with van der Waals surface area (Å²) < 4.78 is 2.04. The Morgan fingerprint density at radius 3 is 2.43 bits per heavy atom. The molecule has 0 fully saturated rings. The van der Waals surface area contributed by atoms with Crippen molar-refractivity contribution in [2.45, 2.75) is 59.4 Å². The van der Waals surface area contributed by atoms with Crippen molar-refractivity contribution in [1.29, 1.82) is 0 Å². The van der Waals surface area contributed by atoms with Gasteiger partial charge in [0.2, 0.25) is 0 Å². The van der Waals surface area contributed by atoms with E-state index in [1.54, 1.807) is 0 Å². The lowest BCUT2D eigenvalue weighted by Gasteiger charge is -2.04. The summed E-state index contributed by atoms with van der Waals surface area (Å²) in [6, 6.07) is 0. The number of aromatic nitrogens is 3. The molecule has 0 bridgehead atoms. The van der Waals surface area contributed by atoms with Crippen molar-refractivity contribution in [3.05, 3.63) is 11.4 Å². The Balaban J connectivity index is 2.76. The normalized spacial score (nSPS) is 10.8. The molecule has 3 nitrogen and oxygen atoms in total. The molecule has 0 saturated carbocycles. The Kier molecular flexibility index (Phi) is 4.63. The summed E-state index contributed by atoms with van der Waals surface area (Å²) in [5.74, 6) is 0. The number of nitrogens with zero attached hydrogens (tertiary/aromatic N) is 3. The maximum atomic E-state index is 4.24. The molecule has 0 aliphatic heterocycles. The van der Waals surface area contributed by atoms with Crippen molar-refractivity contribution in [3.8, 4) is 0 Å². The molecule has 0 aromatic carbocycles. The second-order valence-corrected chi connectivity index (χ2v) is 3.65. The van der Waals surface area contributed by atoms with Crippen LogP contribution < -0.4 is 0 Å². The van der Waals surface area contributed by atoms with Gasteiger partial charge in [0.15, 0.2) is 0 Å². The first-order valence-corrected chi connectivity index (χ1v) is 5.74. The van der Waals surface area contributed by atoms with Crippen LogP contribution in [0.2, 0.25) is 0 Å². The first-order valence-electron chi connectivity index (χ1n) is 5.74. The van der Waals surface area contributed by atoms with E-state index in [0.717, 1.165) is 25.8 Å². The minimum Gasteiger partial charge on any atom is -0.249 e. The molecule has 1 heterocycles. The van der Waals surface area contributed by atoms with Crippen LogP contribution in [0.15, 0.2) is 0 Å². The van der Waals surface area contributed by atoms with Crippen LogP contribution in [0.1, 0.15) is 51.4 Å². The summed E-state index contributed by atoms with van der Waals surface area (Å²) in [6.45, 7) is 7.48. The van der Waals surface area contributed by atoms with Crippen LogP contribution in [0.25, 0.3) is 0 Å². The zero-order valence-electron chi connectivity index (χ0n) is 9.58. The summed E-state index contributed by atoms with van der Waals surface area (Å²) >= 11 is 0. The number of hydrogen-bond donors (Lipinski definition) is 0. The number of aryl methyl sites for hydroxylation is 2. The maximum Gasteiger partial charge on any atom is 0.0859 e. The van der Waals surface area contributed by atoms with Crippen LogP contribution >= 0.6 is 0 Å². The predicted octanol–water partition coefficient (Wildman–Crippen LogP) is 2.59. The van der Waals surface area contributed by atoms with E-state index in [1.165, 1.54) is 24.2 Å². The highest BCUT2D eigenvalue weighted by atomic mass is 15.4. The molecule has 0 aliphatic carbocycles. The van der Waals surface area contributed by atoms with Crippen LogP contribution in [0, 0.1) is 0 Å². The fourth-order valence-corrected chi connectivity index (χ4v) is 1.67. The van der Waals surface area contributed by atoms with E-state index in [0.29, 0.717) is 0 Å². The molecule has 0 saturated heterocycles. The quantitative estimate of drug-likeness (QED) is 0.698. The Hall–Kier alpha value is -0.860. The highest BCUT2D eigenvalue weighted by molar-refractivity contribution is 5.10. The molecule has 80 valence electrons. The van der Waals surface area contributed by atoms with Crippen LogP contribution in [-0.4, -0.2) is 15.0 Å². The molecular formula is C11H21N3. The Morgan fingerprint density at radius 1 is 1.07 bits per heavy atom. The average Bonchev–Trinajstić information content (AvgIpc) is 2.58. The van der Waals surface area contributed by atoms with E-state index in [1.807, 2.05) is 4.68 Å². The van der Waals surface area contributed by atoms with Crippen molar-refractivity contribution in [2.24, 2.45) is 0 Å². The molecule has 0 spiro atoms.